The Hall–Kier alpha value is -2.67. The van der Waals surface area contributed by atoms with Gasteiger partial charge in [-0.15, -0.1) is 0 Å². The van der Waals surface area contributed by atoms with Crippen LogP contribution in [0.5, 0.6) is 0 Å². The van der Waals surface area contributed by atoms with Crippen LogP contribution in [0.3, 0.4) is 0 Å². The predicted octanol–water partition coefficient (Wildman–Crippen LogP) is 3.00. The van der Waals surface area contributed by atoms with Crippen LogP contribution in [0.4, 0.5) is 4.39 Å². The predicted molar refractivity (Wildman–Crippen MR) is 90.4 cm³/mol. The number of amides is 1. The molecule has 2 aromatic rings. The number of rotatable bonds is 6. The lowest BCUT2D eigenvalue weighted by Gasteiger charge is -2.25. The quantitative estimate of drug-likeness (QED) is 0.826. The number of carbonyl (C=O) groups is 2. The monoisotopic (exact) mass is 361 g/mol. The Labute approximate surface area is 150 Å². The van der Waals surface area contributed by atoms with Gasteiger partial charge >= 0.3 is 5.97 Å². The maximum atomic E-state index is 13.3. The van der Waals surface area contributed by atoms with E-state index in [-0.39, 0.29) is 29.7 Å². The molecule has 26 heavy (non-hydrogen) atoms. The molecule has 3 rings (SSSR count). The van der Waals surface area contributed by atoms with Crippen LogP contribution in [0, 0.1) is 12.7 Å². The normalized spacial score (nSPS) is 17.8. The van der Waals surface area contributed by atoms with E-state index in [0.717, 1.165) is 18.4 Å². The van der Waals surface area contributed by atoms with E-state index in [9.17, 15) is 14.0 Å². The Balaban J connectivity index is 1.87. The first-order valence-corrected chi connectivity index (χ1v) is 8.42. The van der Waals surface area contributed by atoms with E-state index in [1.54, 1.807) is 19.1 Å². The minimum absolute atomic E-state index is 0.109. The Morgan fingerprint density at radius 2 is 2.08 bits per heavy atom. The van der Waals surface area contributed by atoms with Gasteiger partial charge in [0.05, 0.1) is 24.0 Å². The number of benzene rings is 1. The Bertz CT molecular complexity index is 793. The smallest absolute Gasteiger partial charge is 0.311 e. The number of halogens is 1. The molecule has 6 nitrogen and oxygen atoms in total. The van der Waals surface area contributed by atoms with Crippen molar-refractivity contribution in [3.63, 3.8) is 0 Å². The van der Waals surface area contributed by atoms with E-state index in [4.69, 9.17) is 14.3 Å². The van der Waals surface area contributed by atoms with E-state index >= 15 is 0 Å². The third-order valence-corrected chi connectivity index (χ3v) is 4.44. The highest BCUT2D eigenvalue weighted by molar-refractivity contribution is 5.97. The standard InChI is InChI=1S/C19H20FNO5/c1-11-10-26-15(9-16(22)23)17(11)19(24)21-18(14-3-2-8-25-14)12-4-6-13(20)7-5-12/h4-7,10,14,18H,2-3,8-9H2,1H3,(H,21,24)(H,22,23). The van der Waals surface area contributed by atoms with Crippen molar-refractivity contribution in [3.8, 4) is 0 Å². The fraction of sp³-hybridized carbons (Fsp3) is 0.368. The second kappa shape index (κ2) is 7.70. The number of aliphatic carboxylic acids is 1. The van der Waals surface area contributed by atoms with Gasteiger partial charge in [0.25, 0.3) is 5.91 Å². The molecular formula is C19H20FNO5. The highest BCUT2D eigenvalue weighted by Gasteiger charge is 2.31. The fourth-order valence-corrected chi connectivity index (χ4v) is 3.21. The van der Waals surface area contributed by atoms with Gasteiger partial charge in [-0.2, -0.15) is 0 Å². The van der Waals surface area contributed by atoms with Gasteiger partial charge in [0, 0.05) is 12.2 Å². The molecule has 2 N–H and O–H groups in total. The first kappa shape index (κ1) is 18.1. The zero-order valence-electron chi connectivity index (χ0n) is 14.3. The summed E-state index contributed by atoms with van der Waals surface area (Å²) in [4.78, 5) is 23.8. The summed E-state index contributed by atoms with van der Waals surface area (Å²) in [6.45, 7) is 2.29. The van der Waals surface area contributed by atoms with Gasteiger partial charge in [0.15, 0.2) is 0 Å². The highest BCUT2D eigenvalue weighted by Crippen LogP contribution is 2.28. The number of nitrogens with one attached hydrogen (secondary N) is 1. The molecule has 2 heterocycles. The number of carbonyl (C=O) groups excluding carboxylic acids is 1. The summed E-state index contributed by atoms with van der Waals surface area (Å²) < 4.78 is 24.2. The number of hydrogen-bond donors (Lipinski definition) is 2. The van der Waals surface area contributed by atoms with E-state index in [1.807, 2.05) is 0 Å². The van der Waals surface area contributed by atoms with Crippen LogP contribution in [0.1, 0.15) is 46.1 Å². The molecule has 2 atom stereocenters. The molecule has 0 bridgehead atoms. The summed E-state index contributed by atoms with van der Waals surface area (Å²) in [5, 5.41) is 11.9. The second-order valence-corrected chi connectivity index (χ2v) is 6.34. The molecule has 138 valence electrons. The maximum absolute atomic E-state index is 13.3. The van der Waals surface area contributed by atoms with Crippen LogP contribution < -0.4 is 5.32 Å². The van der Waals surface area contributed by atoms with Crippen molar-refractivity contribution in [2.24, 2.45) is 0 Å². The molecule has 0 spiro atoms. The first-order valence-electron chi connectivity index (χ1n) is 8.42. The van der Waals surface area contributed by atoms with Crippen LogP contribution in [-0.4, -0.2) is 29.7 Å². The molecule has 0 aliphatic carbocycles. The van der Waals surface area contributed by atoms with Crippen LogP contribution in [0.15, 0.2) is 34.9 Å². The minimum Gasteiger partial charge on any atom is -0.481 e. The summed E-state index contributed by atoms with van der Waals surface area (Å²) in [5.41, 5.74) is 1.51. The van der Waals surface area contributed by atoms with E-state index in [0.29, 0.717) is 12.2 Å². The largest absolute Gasteiger partial charge is 0.481 e. The summed E-state index contributed by atoms with van der Waals surface area (Å²) in [5.74, 6) is -1.77. The zero-order valence-corrected chi connectivity index (χ0v) is 14.3. The third-order valence-electron chi connectivity index (χ3n) is 4.44. The number of carboxylic acids is 1. The molecule has 1 fully saturated rings. The van der Waals surface area contributed by atoms with Gasteiger partial charge < -0.3 is 19.6 Å². The lowest BCUT2D eigenvalue weighted by Crippen LogP contribution is -2.36. The van der Waals surface area contributed by atoms with Gasteiger partial charge in [-0.1, -0.05) is 12.1 Å². The van der Waals surface area contributed by atoms with Gasteiger partial charge in [0.2, 0.25) is 0 Å². The lowest BCUT2D eigenvalue weighted by atomic mass is 9.98. The number of carboxylic acid groups (broad SMARTS) is 1. The van der Waals surface area contributed by atoms with Crippen LogP contribution in [0.2, 0.25) is 0 Å². The van der Waals surface area contributed by atoms with Crippen molar-refractivity contribution in [2.45, 2.75) is 38.3 Å². The third kappa shape index (κ3) is 3.94. The van der Waals surface area contributed by atoms with Gasteiger partial charge in [-0.25, -0.2) is 4.39 Å². The Morgan fingerprint density at radius 1 is 1.35 bits per heavy atom. The molecule has 7 heteroatoms. The molecule has 0 saturated carbocycles. The topological polar surface area (TPSA) is 88.8 Å². The lowest BCUT2D eigenvalue weighted by molar-refractivity contribution is -0.136. The zero-order chi connectivity index (χ0) is 18.7. The maximum Gasteiger partial charge on any atom is 0.311 e. The molecule has 2 unspecified atom stereocenters. The first-order chi connectivity index (χ1) is 12.5. The van der Waals surface area contributed by atoms with E-state index < -0.39 is 17.9 Å². The molecule has 1 aromatic heterocycles. The number of aryl methyl sites for hydroxylation is 1. The van der Waals surface area contributed by atoms with E-state index in [1.165, 1.54) is 18.4 Å². The summed E-state index contributed by atoms with van der Waals surface area (Å²) in [6, 6.07) is 5.44. The van der Waals surface area contributed by atoms with Crippen molar-refractivity contribution < 1.29 is 28.2 Å². The number of furan rings is 1. The van der Waals surface area contributed by atoms with E-state index in [2.05, 4.69) is 5.32 Å². The van der Waals surface area contributed by atoms with Crippen molar-refractivity contribution in [1.29, 1.82) is 0 Å². The SMILES string of the molecule is Cc1coc(CC(=O)O)c1C(=O)NC(c1ccc(F)cc1)C1CCCO1. The molecule has 1 amide bonds. The number of ether oxygens (including phenoxy) is 1. The highest BCUT2D eigenvalue weighted by atomic mass is 19.1. The molecule has 0 radical (unpaired) electrons. The molecule has 1 aliphatic rings. The Kier molecular flexibility index (Phi) is 5.37. The molecule has 1 aliphatic heterocycles. The van der Waals surface area contributed by atoms with Gasteiger partial charge in [-0.05, 0) is 37.5 Å². The van der Waals surface area contributed by atoms with Crippen LogP contribution >= 0.6 is 0 Å². The average Bonchev–Trinajstić information content (AvgIpc) is 3.23. The van der Waals surface area contributed by atoms with Crippen LogP contribution in [-0.2, 0) is 16.0 Å². The van der Waals surface area contributed by atoms with Crippen LogP contribution in [0.25, 0.3) is 0 Å². The summed E-state index contributed by atoms with van der Waals surface area (Å²) in [7, 11) is 0. The van der Waals surface area contributed by atoms with Crippen molar-refractivity contribution >= 4 is 11.9 Å². The summed E-state index contributed by atoms with van der Waals surface area (Å²) in [6.07, 6.45) is 2.42. The fourth-order valence-electron chi connectivity index (χ4n) is 3.21. The van der Waals surface area contributed by atoms with Crippen molar-refractivity contribution in [1.82, 2.24) is 5.32 Å². The Morgan fingerprint density at radius 3 is 2.69 bits per heavy atom. The van der Waals surface area contributed by atoms with Crippen molar-refractivity contribution in [2.75, 3.05) is 6.61 Å². The average molecular weight is 361 g/mol. The second-order valence-electron chi connectivity index (χ2n) is 6.34. The van der Waals surface area contributed by atoms with Gasteiger partial charge in [-0.3, -0.25) is 9.59 Å². The number of hydrogen-bond acceptors (Lipinski definition) is 4. The van der Waals surface area contributed by atoms with Gasteiger partial charge in [0.1, 0.15) is 18.0 Å². The molecule has 1 aromatic carbocycles. The molecular weight excluding hydrogens is 341 g/mol. The molecule has 1 saturated heterocycles. The minimum atomic E-state index is -1.08. The summed E-state index contributed by atoms with van der Waals surface area (Å²) >= 11 is 0. The van der Waals surface area contributed by atoms with Crippen molar-refractivity contribution in [3.05, 3.63) is 58.8 Å².